The van der Waals surface area contributed by atoms with Gasteiger partial charge in [-0.25, -0.2) is 0 Å². The van der Waals surface area contributed by atoms with Crippen molar-refractivity contribution in [1.29, 1.82) is 0 Å². The largest absolute Gasteiger partial charge is 0.343 e. The highest BCUT2D eigenvalue weighted by molar-refractivity contribution is 5.96. The summed E-state index contributed by atoms with van der Waals surface area (Å²) in [7, 11) is 0. The summed E-state index contributed by atoms with van der Waals surface area (Å²) in [6.07, 6.45) is 0.336. The molecular formula is C22H22N4O3. The first kappa shape index (κ1) is 18.9. The van der Waals surface area contributed by atoms with Gasteiger partial charge < -0.3 is 14.7 Å². The van der Waals surface area contributed by atoms with Crippen molar-refractivity contribution in [2.45, 2.75) is 32.7 Å². The molecule has 7 nitrogen and oxygen atoms in total. The Morgan fingerprint density at radius 2 is 1.90 bits per heavy atom. The quantitative estimate of drug-likeness (QED) is 0.723. The van der Waals surface area contributed by atoms with Crippen LogP contribution >= 0.6 is 0 Å². The number of hydrogen-bond acceptors (Lipinski definition) is 5. The van der Waals surface area contributed by atoms with E-state index in [1.54, 1.807) is 29.2 Å². The number of amides is 2. The molecule has 1 N–H and O–H groups in total. The second-order valence-corrected chi connectivity index (χ2v) is 7.35. The van der Waals surface area contributed by atoms with Crippen molar-refractivity contribution >= 4 is 17.5 Å². The molecule has 29 heavy (non-hydrogen) atoms. The maximum Gasteiger partial charge on any atom is 0.251 e. The average Bonchev–Trinajstić information content (AvgIpc) is 3.32. The topological polar surface area (TPSA) is 88.3 Å². The molecule has 0 radical (unpaired) electrons. The molecule has 1 unspecified atom stereocenters. The SMILES string of the molecule is Cc1cc(C)cc(N2CC(c3noc(CNC(=O)c4ccccc4)n3)CC2=O)c1. The third kappa shape index (κ3) is 4.18. The van der Waals surface area contributed by atoms with E-state index in [1.165, 1.54) is 0 Å². The molecule has 0 spiro atoms. The van der Waals surface area contributed by atoms with Gasteiger partial charge in [-0.15, -0.1) is 0 Å². The lowest BCUT2D eigenvalue weighted by Crippen LogP contribution is -2.24. The van der Waals surface area contributed by atoms with Crippen LogP contribution in [0.5, 0.6) is 0 Å². The van der Waals surface area contributed by atoms with Crippen molar-refractivity contribution < 1.29 is 14.1 Å². The molecule has 4 rings (SSSR count). The number of nitrogens with zero attached hydrogens (tertiary/aromatic N) is 3. The zero-order valence-corrected chi connectivity index (χ0v) is 16.4. The third-order valence-corrected chi connectivity index (χ3v) is 4.93. The van der Waals surface area contributed by atoms with Crippen molar-refractivity contribution in [3.63, 3.8) is 0 Å². The van der Waals surface area contributed by atoms with Crippen LogP contribution in [0.15, 0.2) is 53.1 Å². The number of benzene rings is 2. The lowest BCUT2D eigenvalue weighted by molar-refractivity contribution is -0.117. The van der Waals surface area contributed by atoms with Gasteiger partial charge in [0.2, 0.25) is 11.8 Å². The minimum atomic E-state index is -0.206. The van der Waals surface area contributed by atoms with Gasteiger partial charge in [-0.3, -0.25) is 9.59 Å². The average molecular weight is 390 g/mol. The molecule has 0 bridgehead atoms. The summed E-state index contributed by atoms with van der Waals surface area (Å²) in [6, 6.07) is 15.0. The number of anilines is 1. The zero-order valence-electron chi connectivity index (χ0n) is 16.4. The molecule has 1 fully saturated rings. The first-order chi connectivity index (χ1) is 14.0. The molecule has 0 saturated carbocycles. The van der Waals surface area contributed by atoms with Crippen LogP contribution in [0.4, 0.5) is 5.69 Å². The van der Waals surface area contributed by atoms with Gasteiger partial charge in [-0.1, -0.05) is 29.4 Å². The molecule has 2 aromatic carbocycles. The number of aromatic nitrogens is 2. The number of carbonyl (C=O) groups is 2. The molecule has 3 aromatic rings. The second kappa shape index (κ2) is 7.87. The smallest absolute Gasteiger partial charge is 0.251 e. The second-order valence-electron chi connectivity index (χ2n) is 7.35. The Morgan fingerprint density at radius 3 is 2.62 bits per heavy atom. The Labute approximate surface area is 168 Å². The summed E-state index contributed by atoms with van der Waals surface area (Å²) in [5.74, 6) is 0.521. The Bertz CT molecular complexity index is 1020. The van der Waals surface area contributed by atoms with Crippen LogP contribution in [0.1, 0.15) is 45.5 Å². The van der Waals surface area contributed by atoms with Gasteiger partial charge in [0.1, 0.15) is 0 Å². The van der Waals surface area contributed by atoms with E-state index in [1.807, 2.05) is 32.0 Å². The summed E-state index contributed by atoms with van der Waals surface area (Å²) in [5, 5.41) is 6.79. The van der Waals surface area contributed by atoms with E-state index in [0.717, 1.165) is 16.8 Å². The standard InChI is InChI=1S/C22H22N4O3/c1-14-8-15(2)10-18(9-14)26-13-17(11-20(26)27)21-24-19(29-25-21)12-23-22(28)16-6-4-3-5-7-16/h3-10,17H,11-13H2,1-2H3,(H,23,28). The van der Waals surface area contributed by atoms with E-state index in [2.05, 4.69) is 21.5 Å². The van der Waals surface area contributed by atoms with E-state index in [0.29, 0.717) is 30.2 Å². The lowest BCUT2D eigenvalue weighted by Gasteiger charge is -2.17. The summed E-state index contributed by atoms with van der Waals surface area (Å²) in [4.78, 5) is 30.8. The highest BCUT2D eigenvalue weighted by Crippen LogP contribution is 2.31. The van der Waals surface area contributed by atoms with E-state index < -0.39 is 0 Å². The molecule has 1 aromatic heterocycles. The van der Waals surface area contributed by atoms with E-state index in [4.69, 9.17) is 4.52 Å². The maximum atomic E-state index is 12.5. The molecule has 0 aliphatic carbocycles. The number of nitrogens with one attached hydrogen (secondary N) is 1. The third-order valence-electron chi connectivity index (χ3n) is 4.93. The molecule has 1 atom stereocenters. The maximum absolute atomic E-state index is 12.5. The van der Waals surface area contributed by atoms with E-state index >= 15 is 0 Å². The summed E-state index contributed by atoms with van der Waals surface area (Å²) >= 11 is 0. The summed E-state index contributed by atoms with van der Waals surface area (Å²) < 4.78 is 5.27. The number of rotatable bonds is 5. The van der Waals surface area contributed by atoms with Crippen LogP contribution in [-0.2, 0) is 11.3 Å². The van der Waals surface area contributed by atoms with Crippen LogP contribution < -0.4 is 10.2 Å². The minimum Gasteiger partial charge on any atom is -0.343 e. The van der Waals surface area contributed by atoms with Gasteiger partial charge in [-0.2, -0.15) is 4.98 Å². The van der Waals surface area contributed by atoms with Gasteiger partial charge >= 0.3 is 0 Å². The Balaban J connectivity index is 1.41. The van der Waals surface area contributed by atoms with Crippen molar-refractivity contribution in [2.24, 2.45) is 0 Å². The Hall–Kier alpha value is -3.48. The molecule has 2 heterocycles. The predicted octanol–water partition coefficient (Wildman–Crippen LogP) is 3.14. The number of aryl methyl sites for hydroxylation is 2. The molecule has 148 valence electrons. The van der Waals surface area contributed by atoms with Gasteiger partial charge in [-0.05, 0) is 49.2 Å². The molecular weight excluding hydrogens is 368 g/mol. The highest BCUT2D eigenvalue weighted by Gasteiger charge is 2.34. The van der Waals surface area contributed by atoms with Gasteiger partial charge in [0.05, 0.1) is 6.54 Å². The van der Waals surface area contributed by atoms with Crippen LogP contribution in [0.2, 0.25) is 0 Å². The van der Waals surface area contributed by atoms with E-state index in [9.17, 15) is 9.59 Å². The van der Waals surface area contributed by atoms with Crippen LogP contribution in [0.3, 0.4) is 0 Å². The van der Waals surface area contributed by atoms with Crippen molar-refractivity contribution in [3.05, 3.63) is 76.9 Å². The van der Waals surface area contributed by atoms with Crippen molar-refractivity contribution in [3.8, 4) is 0 Å². The van der Waals surface area contributed by atoms with Gasteiger partial charge in [0.15, 0.2) is 5.82 Å². The lowest BCUT2D eigenvalue weighted by atomic mass is 10.1. The van der Waals surface area contributed by atoms with Crippen molar-refractivity contribution in [1.82, 2.24) is 15.5 Å². The first-order valence-electron chi connectivity index (χ1n) is 9.54. The Kier molecular flexibility index (Phi) is 5.12. The number of carbonyl (C=O) groups excluding carboxylic acids is 2. The van der Waals surface area contributed by atoms with Crippen LogP contribution in [0, 0.1) is 13.8 Å². The monoisotopic (exact) mass is 390 g/mol. The zero-order chi connectivity index (χ0) is 20.4. The minimum absolute atomic E-state index is 0.0451. The first-order valence-corrected chi connectivity index (χ1v) is 9.54. The molecule has 1 aliphatic heterocycles. The van der Waals surface area contributed by atoms with Gasteiger partial charge in [0, 0.05) is 30.1 Å². The summed E-state index contributed by atoms with van der Waals surface area (Å²) in [6.45, 7) is 4.69. The molecule has 1 saturated heterocycles. The predicted molar refractivity (Wildman–Crippen MR) is 108 cm³/mol. The van der Waals surface area contributed by atoms with Gasteiger partial charge in [0.25, 0.3) is 5.91 Å². The molecule has 2 amide bonds. The normalized spacial score (nSPS) is 16.3. The fraction of sp³-hybridized carbons (Fsp3) is 0.273. The fourth-order valence-electron chi connectivity index (χ4n) is 3.59. The van der Waals surface area contributed by atoms with E-state index in [-0.39, 0.29) is 24.3 Å². The summed E-state index contributed by atoms with van der Waals surface area (Å²) in [5.41, 5.74) is 3.70. The van der Waals surface area contributed by atoms with Crippen LogP contribution in [-0.4, -0.2) is 28.5 Å². The molecule has 1 aliphatic rings. The van der Waals surface area contributed by atoms with Crippen LogP contribution in [0.25, 0.3) is 0 Å². The number of hydrogen-bond donors (Lipinski definition) is 1. The Morgan fingerprint density at radius 1 is 1.17 bits per heavy atom. The fourth-order valence-corrected chi connectivity index (χ4v) is 3.59. The van der Waals surface area contributed by atoms with Crippen molar-refractivity contribution in [2.75, 3.05) is 11.4 Å². The highest BCUT2D eigenvalue weighted by atomic mass is 16.5. The molecule has 7 heteroatoms.